The monoisotopic (exact) mass is 425 g/mol. The van der Waals surface area contributed by atoms with Gasteiger partial charge in [0.25, 0.3) is 0 Å². The molecule has 0 saturated carbocycles. The highest BCUT2D eigenvalue weighted by molar-refractivity contribution is 7.90. The quantitative estimate of drug-likeness (QED) is 0.638. The molecule has 0 aliphatic heterocycles. The van der Waals surface area contributed by atoms with Crippen LogP contribution < -0.4 is 9.44 Å². The molecule has 1 atom stereocenters. The number of benzene rings is 2. The second kappa shape index (κ2) is 9.15. The molecule has 0 aromatic heterocycles. The van der Waals surface area contributed by atoms with Crippen LogP contribution >= 0.6 is 0 Å². The first-order chi connectivity index (χ1) is 13.1. The number of likely N-dealkylation sites (N-methyl/N-ethyl adjacent to an activating group) is 1. The van der Waals surface area contributed by atoms with E-state index in [1.807, 2.05) is 43.3 Å². The Kier molecular flexibility index (Phi) is 7.35. The fourth-order valence-corrected chi connectivity index (χ4v) is 4.53. The van der Waals surface area contributed by atoms with Gasteiger partial charge in [0.1, 0.15) is 0 Å². The summed E-state index contributed by atoms with van der Waals surface area (Å²) in [6, 6.07) is 13.1. The lowest BCUT2D eigenvalue weighted by Gasteiger charge is -2.25. The van der Waals surface area contributed by atoms with Crippen LogP contribution in [0.4, 0.5) is 0 Å². The summed E-state index contributed by atoms with van der Waals surface area (Å²) in [6.07, 6.45) is 0.943. The molecule has 0 aliphatic rings. The summed E-state index contributed by atoms with van der Waals surface area (Å²) in [5, 5.41) is 0. The van der Waals surface area contributed by atoms with Crippen LogP contribution in [-0.2, 0) is 26.5 Å². The van der Waals surface area contributed by atoms with Crippen LogP contribution in [0.3, 0.4) is 0 Å². The summed E-state index contributed by atoms with van der Waals surface area (Å²) in [4.78, 5) is 1.98. The fraction of sp³-hybridized carbons (Fsp3) is 0.368. The van der Waals surface area contributed by atoms with Gasteiger partial charge in [0.15, 0.2) is 0 Å². The maximum atomic E-state index is 12.6. The molecule has 9 heteroatoms. The van der Waals surface area contributed by atoms with E-state index in [4.69, 9.17) is 0 Å². The smallest absolute Gasteiger partial charge is 0.240 e. The molecule has 0 heterocycles. The van der Waals surface area contributed by atoms with Gasteiger partial charge in [0.05, 0.1) is 9.79 Å². The number of nitrogens with one attached hydrogen (secondary N) is 2. The molecule has 0 bridgehead atoms. The van der Waals surface area contributed by atoms with E-state index in [-0.39, 0.29) is 22.4 Å². The minimum atomic E-state index is -3.77. The first-order valence-corrected chi connectivity index (χ1v) is 11.9. The Bertz CT molecular complexity index is 984. The molecule has 0 amide bonds. The Hall–Kier alpha value is -1.78. The largest absolute Gasteiger partial charge is 0.301 e. The molecule has 154 valence electrons. The summed E-state index contributed by atoms with van der Waals surface area (Å²) < 4.78 is 53.6. The first-order valence-electron chi connectivity index (χ1n) is 8.89. The number of aryl methyl sites for hydroxylation is 1. The van der Waals surface area contributed by atoms with Crippen LogP contribution in [0.2, 0.25) is 0 Å². The number of hydrogen-bond acceptors (Lipinski definition) is 5. The summed E-state index contributed by atoms with van der Waals surface area (Å²) in [5.41, 5.74) is 2.24. The molecule has 0 saturated heterocycles. The third-order valence-electron chi connectivity index (χ3n) is 4.58. The lowest BCUT2D eigenvalue weighted by molar-refractivity contribution is 0.299. The average molecular weight is 426 g/mol. The van der Waals surface area contributed by atoms with Crippen LogP contribution in [0.25, 0.3) is 0 Å². The van der Waals surface area contributed by atoms with Gasteiger partial charge in [-0.05, 0) is 63.0 Å². The van der Waals surface area contributed by atoms with Crippen LogP contribution in [0.15, 0.2) is 58.3 Å². The third-order valence-corrected chi connectivity index (χ3v) is 7.45. The number of nitrogens with zero attached hydrogens (tertiary/aromatic N) is 1. The molecule has 2 N–H and O–H groups in total. The highest BCUT2D eigenvalue weighted by Gasteiger charge is 2.20. The minimum Gasteiger partial charge on any atom is -0.301 e. The SMILES string of the molecule is CCc1ccc([C@@H](CNS(=O)(=O)c2ccc(S(=O)(=O)NC)cc2)N(C)C)cc1. The van der Waals surface area contributed by atoms with Gasteiger partial charge < -0.3 is 4.90 Å². The molecule has 2 aromatic rings. The van der Waals surface area contributed by atoms with Crippen molar-refractivity contribution in [2.45, 2.75) is 29.2 Å². The van der Waals surface area contributed by atoms with Crippen molar-refractivity contribution < 1.29 is 16.8 Å². The number of sulfonamides is 2. The Morgan fingerprint density at radius 2 is 1.36 bits per heavy atom. The van der Waals surface area contributed by atoms with Gasteiger partial charge in [-0.1, -0.05) is 31.2 Å². The third kappa shape index (κ3) is 5.39. The van der Waals surface area contributed by atoms with E-state index in [1.165, 1.54) is 36.9 Å². The molecule has 0 aliphatic carbocycles. The van der Waals surface area contributed by atoms with Crippen molar-refractivity contribution >= 4 is 20.0 Å². The van der Waals surface area contributed by atoms with Crippen molar-refractivity contribution in [2.75, 3.05) is 27.7 Å². The Balaban J connectivity index is 2.17. The highest BCUT2D eigenvalue weighted by Crippen LogP contribution is 2.20. The van der Waals surface area contributed by atoms with Gasteiger partial charge in [-0.25, -0.2) is 26.3 Å². The van der Waals surface area contributed by atoms with Crippen molar-refractivity contribution in [2.24, 2.45) is 0 Å². The maximum absolute atomic E-state index is 12.6. The second-order valence-corrected chi connectivity index (χ2v) is 10.3. The van der Waals surface area contributed by atoms with Crippen LogP contribution in [0.5, 0.6) is 0 Å². The molecular formula is C19H27N3O4S2. The predicted molar refractivity (Wildman–Crippen MR) is 110 cm³/mol. The predicted octanol–water partition coefficient (Wildman–Crippen LogP) is 1.74. The first kappa shape index (κ1) is 22.5. The van der Waals surface area contributed by atoms with Crippen LogP contribution in [0.1, 0.15) is 24.1 Å². The van der Waals surface area contributed by atoms with E-state index >= 15 is 0 Å². The molecule has 0 spiro atoms. The van der Waals surface area contributed by atoms with E-state index in [9.17, 15) is 16.8 Å². The van der Waals surface area contributed by atoms with E-state index in [0.29, 0.717) is 0 Å². The fourth-order valence-electron chi connectivity index (χ4n) is 2.76. The Labute approximate surface area is 167 Å². The Morgan fingerprint density at radius 1 is 0.857 bits per heavy atom. The second-order valence-electron chi connectivity index (χ2n) is 6.61. The van der Waals surface area contributed by atoms with E-state index in [1.54, 1.807) is 0 Å². The normalized spacial score (nSPS) is 13.6. The van der Waals surface area contributed by atoms with Gasteiger partial charge in [0.2, 0.25) is 20.0 Å². The van der Waals surface area contributed by atoms with E-state index in [0.717, 1.165) is 12.0 Å². The van der Waals surface area contributed by atoms with Crippen molar-refractivity contribution in [3.05, 3.63) is 59.7 Å². The molecule has 2 rings (SSSR count). The highest BCUT2D eigenvalue weighted by atomic mass is 32.2. The zero-order chi connectivity index (χ0) is 20.9. The average Bonchev–Trinajstić information content (AvgIpc) is 2.68. The van der Waals surface area contributed by atoms with Crippen molar-refractivity contribution in [3.63, 3.8) is 0 Å². The lowest BCUT2D eigenvalue weighted by atomic mass is 10.0. The zero-order valence-corrected chi connectivity index (χ0v) is 18.1. The summed E-state index contributed by atoms with van der Waals surface area (Å²) in [6.45, 7) is 2.27. The van der Waals surface area contributed by atoms with Gasteiger partial charge in [0, 0.05) is 12.6 Å². The minimum absolute atomic E-state index is 0.0103. The van der Waals surface area contributed by atoms with Gasteiger partial charge >= 0.3 is 0 Å². The maximum Gasteiger partial charge on any atom is 0.240 e. The van der Waals surface area contributed by atoms with Crippen molar-refractivity contribution in [3.8, 4) is 0 Å². The van der Waals surface area contributed by atoms with Crippen LogP contribution in [0, 0.1) is 0 Å². The zero-order valence-electron chi connectivity index (χ0n) is 16.5. The van der Waals surface area contributed by atoms with Gasteiger partial charge in [-0.3, -0.25) is 0 Å². The van der Waals surface area contributed by atoms with Crippen molar-refractivity contribution in [1.82, 2.24) is 14.3 Å². The molecular weight excluding hydrogens is 398 g/mol. The molecule has 28 heavy (non-hydrogen) atoms. The topological polar surface area (TPSA) is 95.6 Å². The standard InChI is InChI=1S/C19H27N3O4S2/c1-5-15-6-8-16(9-7-15)19(22(3)4)14-21-28(25,26)18-12-10-17(11-13-18)27(23,24)20-2/h6-13,19-21H,5,14H2,1-4H3/t19-/m1/s1. The summed E-state index contributed by atoms with van der Waals surface area (Å²) >= 11 is 0. The molecule has 0 fully saturated rings. The van der Waals surface area contributed by atoms with Gasteiger partial charge in [-0.15, -0.1) is 0 Å². The summed E-state index contributed by atoms with van der Waals surface area (Å²) in [5.74, 6) is 0. The van der Waals surface area contributed by atoms with E-state index < -0.39 is 20.0 Å². The van der Waals surface area contributed by atoms with Crippen molar-refractivity contribution in [1.29, 1.82) is 0 Å². The van der Waals surface area contributed by atoms with Crippen LogP contribution in [-0.4, -0.2) is 49.4 Å². The molecule has 7 nitrogen and oxygen atoms in total. The molecule has 0 unspecified atom stereocenters. The van der Waals surface area contributed by atoms with E-state index in [2.05, 4.69) is 16.4 Å². The molecule has 2 aromatic carbocycles. The molecule has 0 radical (unpaired) electrons. The number of hydrogen-bond donors (Lipinski definition) is 2. The Morgan fingerprint density at radius 3 is 1.79 bits per heavy atom. The lowest BCUT2D eigenvalue weighted by Crippen LogP contribution is -2.34. The number of rotatable bonds is 9. The van der Waals surface area contributed by atoms with Gasteiger partial charge in [-0.2, -0.15) is 0 Å². The summed E-state index contributed by atoms with van der Waals surface area (Å²) in [7, 11) is -2.29.